The second kappa shape index (κ2) is 7.96. The zero-order chi connectivity index (χ0) is 16.9. The van der Waals surface area contributed by atoms with Gasteiger partial charge >= 0.3 is 0 Å². The monoisotopic (exact) mass is 426 g/mol. The Labute approximate surface area is 156 Å². The molecule has 1 N–H and O–H groups in total. The molecule has 3 rings (SSSR count). The average molecular weight is 428 g/mol. The molecular weight excluding hydrogens is 415 g/mol. The van der Waals surface area contributed by atoms with E-state index in [0.29, 0.717) is 11.6 Å². The van der Waals surface area contributed by atoms with Crippen molar-refractivity contribution in [2.45, 2.75) is 13.2 Å². The van der Waals surface area contributed by atoms with Crippen LogP contribution in [0, 0.1) is 5.82 Å². The number of rotatable bonds is 6. The highest BCUT2D eigenvalue weighted by atomic mass is 79.9. The molecule has 0 fully saturated rings. The first kappa shape index (κ1) is 17.2. The summed E-state index contributed by atoms with van der Waals surface area (Å²) in [5.41, 5.74) is 1.72. The number of nitrogens with one attached hydrogen (secondary N) is 1. The maximum atomic E-state index is 13.1. The lowest BCUT2D eigenvalue weighted by atomic mass is 10.2. The molecule has 0 spiro atoms. The number of hydrogen-bond acceptors (Lipinski definition) is 4. The smallest absolute Gasteiger partial charge is 0.182 e. The molecule has 3 nitrogen and oxygen atoms in total. The van der Waals surface area contributed by atoms with Gasteiger partial charge in [-0.1, -0.05) is 33.6 Å². The highest BCUT2D eigenvalue weighted by molar-refractivity contribution is 9.10. The Morgan fingerprint density at radius 1 is 1.21 bits per heavy atom. The summed E-state index contributed by atoms with van der Waals surface area (Å²) in [5, 5.41) is 6.38. The van der Waals surface area contributed by atoms with Gasteiger partial charge < -0.3 is 10.1 Å². The third-order valence-electron chi connectivity index (χ3n) is 3.28. The predicted octanol–water partition coefficient (Wildman–Crippen LogP) is 5.89. The zero-order valence-electron chi connectivity index (χ0n) is 12.4. The Hall–Kier alpha value is -1.63. The summed E-state index contributed by atoms with van der Waals surface area (Å²) in [6.45, 7) is 0.852. The first-order chi connectivity index (χ1) is 11.6. The fourth-order valence-electron chi connectivity index (χ4n) is 2.10. The van der Waals surface area contributed by atoms with Crippen molar-refractivity contribution in [3.63, 3.8) is 0 Å². The van der Waals surface area contributed by atoms with Gasteiger partial charge in [-0.2, -0.15) is 0 Å². The minimum atomic E-state index is -0.360. The van der Waals surface area contributed by atoms with E-state index in [1.165, 1.54) is 23.5 Å². The first-order valence-corrected chi connectivity index (χ1v) is 9.15. The van der Waals surface area contributed by atoms with E-state index in [2.05, 4.69) is 26.2 Å². The molecule has 1 heterocycles. The minimum Gasteiger partial charge on any atom is -0.488 e. The zero-order valence-corrected chi connectivity index (χ0v) is 15.6. The van der Waals surface area contributed by atoms with Gasteiger partial charge in [-0.15, -0.1) is 11.3 Å². The summed E-state index contributed by atoms with van der Waals surface area (Å²) in [7, 11) is 0. The van der Waals surface area contributed by atoms with E-state index in [9.17, 15) is 4.39 Å². The molecule has 0 saturated carbocycles. The van der Waals surface area contributed by atoms with E-state index in [4.69, 9.17) is 16.3 Å². The standard InChI is InChI=1S/C17H13BrClFN2OS/c18-13-2-4-16(12(7-13)9-22-17-21-5-6-24-17)23-10-11-1-3-14(20)8-15(11)19/h1-8H,9-10H2,(H,21,22). The molecule has 124 valence electrons. The van der Waals surface area contributed by atoms with E-state index in [1.807, 2.05) is 23.6 Å². The molecule has 0 aliphatic carbocycles. The molecule has 0 aliphatic heterocycles. The van der Waals surface area contributed by atoms with Crippen LogP contribution in [0.5, 0.6) is 5.75 Å². The number of hydrogen-bond donors (Lipinski definition) is 1. The fraction of sp³-hybridized carbons (Fsp3) is 0.118. The Balaban J connectivity index is 1.72. The summed E-state index contributed by atoms with van der Waals surface area (Å²) in [6.07, 6.45) is 1.75. The van der Waals surface area contributed by atoms with Crippen molar-refractivity contribution < 1.29 is 9.13 Å². The molecule has 0 saturated heterocycles. The van der Waals surface area contributed by atoms with E-state index in [1.54, 1.807) is 12.3 Å². The normalized spacial score (nSPS) is 10.6. The van der Waals surface area contributed by atoms with Crippen LogP contribution in [0.15, 0.2) is 52.4 Å². The lowest BCUT2D eigenvalue weighted by Gasteiger charge is -2.13. The van der Waals surface area contributed by atoms with Gasteiger partial charge in [0.25, 0.3) is 0 Å². The van der Waals surface area contributed by atoms with Crippen LogP contribution in [-0.2, 0) is 13.2 Å². The fourth-order valence-corrected chi connectivity index (χ4v) is 3.26. The summed E-state index contributed by atoms with van der Waals surface area (Å²) in [4.78, 5) is 4.20. The summed E-state index contributed by atoms with van der Waals surface area (Å²) >= 11 is 11.1. The van der Waals surface area contributed by atoms with Crippen LogP contribution < -0.4 is 10.1 Å². The van der Waals surface area contributed by atoms with E-state index in [-0.39, 0.29) is 12.4 Å². The van der Waals surface area contributed by atoms with Crippen LogP contribution >= 0.6 is 38.9 Å². The number of halogens is 3. The van der Waals surface area contributed by atoms with Crippen molar-refractivity contribution in [2.75, 3.05) is 5.32 Å². The second-order valence-corrected chi connectivity index (χ2v) is 7.18. The highest BCUT2D eigenvalue weighted by Crippen LogP contribution is 2.27. The Morgan fingerprint density at radius 3 is 2.83 bits per heavy atom. The van der Waals surface area contributed by atoms with Crippen LogP contribution in [0.1, 0.15) is 11.1 Å². The summed E-state index contributed by atoms with van der Waals surface area (Å²) < 4.78 is 20.0. The number of anilines is 1. The summed E-state index contributed by atoms with van der Waals surface area (Å²) in [5.74, 6) is 0.378. The quantitative estimate of drug-likeness (QED) is 0.532. The van der Waals surface area contributed by atoms with Gasteiger partial charge in [0.2, 0.25) is 0 Å². The van der Waals surface area contributed by atoms with Gasteiger partial charge in [0.05, 0.1) is 5.02 Å². The largest absolute Gasteiger partial charge is 0.488 e. The highest BCUT2D eigenvalue weighted by Gasteiger charge is 2.08. The van der Waals surface area contributed by atoms with E-state index in [0.717, 1.165) is 26.5 Å². The third kappa shape index (κ3) is 4.47. The maximum Gasteiger partial charge on any atom is 0.182 e. The molecule has 2 aromatic carbocycles. The molecule has 3 aromatic rings. The lowest BCUT2D eigenvalue weighted by molar-refractivity contribution is 0.303. The third-order valence-corrected chi connectivity index (χ3v) is 4.86. The first-order valence-electron chi connectivity index (χ1n) is 7.10. The molecule has 7 heteroatoms. The van der Waals surface area contributed by atoms with Gasteiger partial charge in [0, 0.05) is 33.7 Å². The van der Waals surface area contributed by atoms with Crippen LogP contribution in [0.2, 0.25) is 5.02 Å². The minimum absolute atomic E-state index is 0.269. The molecule has 0 bridgehead atoms. The number of thiazole rings is 1. The molecule has 24 heavy (non-hydrogen) atoms. The number of aromatic nitrogens is 1. The average Bonchev–Trinajstić information content (AvgIpc) is 3.07. The molecule has 0 atom stereocenters. The molecule has 0 amide bonds. The Kier molecular flexibility index (Phi) is 5.71. The van der Waals surface area contributed by atoms with Gasteiger partial charge in [-0.05, 0) is 30.3 Å². The van der Waals surface area contributed by atoms with Crippen molar-refractivity contribution in [3.8, 4) is 5.75 Å². The van der Waals surface area contributed by atoms with E-state index < -0.39 is 0 Å². The van der Waals surface area contributed by atoms with Crippen molar-refractivity contribution in [3.05, 3.63) is 74.4 Å². The van der Waals surface area contributed by atoms with Crippen LogP contribution in [0.25, 0.3) is 0 Å². The molecule has 0 radical (unpaired) electrons. The second-order valence-electron chi connectivity index (χ2n) is 4.97. The van der Waals surface area contributed by atoms with Crippen LogP contribution in [0.3, 0.4) is 0 Å². The van der Waals surface area contributed by atoms with Gasteiger partial charge in [-0.25, -0.2) is 9.37 Å². The Bertz CT molecular complexity index is 829. The predicted molar refractivity (Wildman–Crippen MR) is 99.3 cm³/mol. The molecule has 1 aromatic heterocycles. The topological polar surface area (TPSA) is 34.1 Å². The van der Waals surface area contributed by atoms with Crippen molar-refractivity contribution >= 4 is 44.0 Å². The van der Waals surface area contributed by atoms with Gasteiger partial charge in [0.15, 0.2) is 5.13 Å². The number of benzene rings is 2. The molecular formula is C17H13BrClFN2OS. The lowest BCUT2D eigenvalue weighted by Crippen LogP contribution is -2.04. The van der Waals surface area contributed by atoms with E-state index >= 15 is 0 Å². The van der Waals surface area contributed by atoms with Crippen molar-refractivity contribution in [1.29, 1.82) is 0 Å². The maximum absolute atomic E-state index is 13.1. The van der Waals surface area contributed by atoms with Crippen LogP contribution in [-0.4, -0.2) is 4.98 Å². The van der Waals surface area contributed by atoms with Crippen LogP contribution in [0.4, 0.5) is 9.52 Å². The van der Waals surface area contributed by atoms with Gasteiger partial charge in [-0.3, -0.25) is 0 Å². The summed E-state index contributed by atoms with van der Waals surface area (Å²) in [6, 6.07) is 10.1. The van der Waals surface area contributed by atoms with Crippen molar-refractivity contribution in [2.24, 2.45) is 0 Å². The molecule has 0 aliphatic rings. The Morgan fingerprint density at radius 2 is 2.08 bits per heavy atom. The molecule has 0 unspecified atom stereocenters. The number of ether oxygens (including phenoxy) is 1. The SMILES string of the molecule is Fc1ccc(COc2ccc(Br)cc2CNc2nccs2)c(Cl)c1. The van der Waals surface area contributed by atoms with Crippen molar-refractivity contribution in [1.82, 2.24) is 4.98 Å². The van der Waals surface area contributed by atoms with Gasteiger partial charge in [0.1, 0.15) is 18.2 Å². The number of nitrogens with zero attached hydrogens (tertiary/aromatic N) is 1.